The van der Waals surface area contributed by atoms with Gasteiger partial charge in [0.2, 0.25) is 0 Å². The lowest BCUT2D eigenvalue weighted by Crippen LogP contribution is -2.47. The fraction of sp³-hybridized carbons (Fsp3) is 0.923. The summed E-state index contributed by atoms with van der Waals surface area (Å²) in [5, 5.41) is 12.1. The van der Waals surface area contributed by atoms with Crippen molar-refractivity contribution in [2.75, 3.05) is 20.1 Å². The molecule has 0 aliphatic heterocycles. The van der Waals surface area contributed by atoms with Crippen LogP contribution in [0.25, 0.3) is 0 Å². The van der Waals surface area contributed by atoms with E-state index in [2.05, 4.69) is 17.3 Å². The average molecular weight is 242 g/mol. The van der Waals surface area contributed by atoms with Crippen molar-refractivity contribution in [3.63, 3.8) is 0 Å². The predicted molar refractivity (Wildman–Crippen MR) is 69.2 cm³/mol. The lowest BCUT2D eigenvalue weighted by Gasteiger charge is -2.29. The van der Waals surface area contributed by atoms with Crippen LogP contribution in [0.2, 0.25) is 0 Å². The summed E-state index contributed by atoms with van der Waals surface area (Å²) >= 11 is 0. The van der Waals surface area contributed by atoms with E-state index >= 15 is 0 Å². The van der Waals surface area contributed by atoms with Gasteiger partial charge in [0.15, 0.2) is 0 Å². The zero-order valence-electron chi connectivity index (χ0n) is 11.1. The number of carboxylic acids is 1. The minimum Gasteiger partial charge on any atom is -0.480 e. The molecular formula is C13H26N2O2. The largest absolute Gasteiger partial charge is 0.480 e. The van der Waals surface area contributed by atoms with Gasteiger partial charge in [-0.25, -0.2) is 0 Å². The molecule has 100 valence electrons. The van der Waals surface area contributed by atoms with Crippen LogP contribution in [0.1, 0.15) is 45.4 Å². The summed E-state index contributed by atoms with van der Waals surface area (Å²) in [4.78, 5) is 13.3. The van der Waals surface area contributed by atoms with Gasteiger partial charge in [0, 0.05) is 12.6 Å². The maximum atomic E-state index is 11.1. The van der Waals surface area contributed by atoms with E-state index in [1.807, 2.05) is 6.92 Å². The Morgan fingerprint density at radius 1 is 1.35 bits per heavy atom. The van der Waals surface area contributed by atoms with E-state index in [-0.39, 0.29) is 0 Å². The molecule has 0 spiro atoms. The minimum atomic E-state index is -0.743. The van der Waals surface area contributed by atoms with Crippen LogP contribution >= 0.6 is 0 Å². The summed E-state index contributed by atoms with van der Waals surface area (Å²) < 4.78 is 0. The molecule has 1 fully saturated rings. The number of aliphatic carboxylic acids is 1. The smallest absolute Gasteiger partial charge is 0.322 e. The first kappa shape index (κ1) is 14.5. The topological polar surface area (TPSA) is 52.6 Å². The molecule has 0 aromatic heterocycles. The van der Waals surface area contributed by atoms with E-state index in [1.165, 1.54) is 38.5 Å². The summed E-state index contributed by atoms with van der Waals surface area (Å²) in [7, 11) is 2.06. The first-order valence-electron chi connectivity index (χ1n) is 6.81. The number of hydrogen-bond donors (Lipinski definition) is 2. The van der Waals surface area contributed by atoms with Crippen LogP contribution in [0.15, 0.2) is 0 Å². The lowest BCUT2D eigenvalue weighted by molar-refractivity contribution is -0.140. The van der Waals surface area contributed by atoms with E-state index in [1.54, 1.807) is 0 Å². The van der Waals surface area contributed by atoms with E-state index in [0.717, 1.165) is 0 Å². The first-order chi connectivity index (χ1) is 8.15. The Balaban J connectivity index is 2.43. The zero-order chi connectivity index (χ0) is 12.7. The normalized spacial score (nSPS) is 20.2. The highest BCUT2D eigenvalue weighted by Gasteiger charge is 2.23. The second-order valence-electron chi connectivity index (χ2n) is 5.03. The summed E-state index contributed by atoms with van der Waals surface area (Å²) in [5.74, 6) is -0.743. The molecule has 2 N–H and O–H groups in total. The van der Waals surface area contributed by atoms with Crippen molar-refractivity contribution in [1.82, 2.24) is 10.2 Å². The van der Waals surface area contributed by atoms with Gasteiger partial charge in [0.05, 0.1) is 0 Å². The monoisotopic (exact) mass is 242 g/mol. The van der Waals surface area contributed by atoms with Crippen LogP contribution in [0.5, 0.6) is 0 Å². The molecule has 0 saturated heterocycles. The molecule has 0 amide bonds. The molecule has 1 aliphatic carbocycles. The van der Waals surface area contributed by atoms with Gasteiger partial charge in [-0.3, -0.25) is 4.79 Å². The number of carboxylic acid groups (broad SMARTS) is 1. The molecule has 1 saturated carbocycles. The van der Waals surface area contributed by atoms with Crippen LogP contribution < -0.4 is 5.32 Å². The Bertz CT molecular complexity index is 225. The Morgan fingerprint density at radius 2 is 1.94 bits per heavy atom. The number of nitrogens with zero attached hydrogens (tertiary/aromatic N) is 1. The number of rotatable bonds is 6. The molecule has 4 heteroatoms. The van der Waals surface area contributed by atoms with Crippen LogP contribution in [0, 0.1) is 0 Å². The lowest BCUT2D eigenvalue weighted by atomic mass is 10.1. The summed E-state index contributed by atoms with van der Waals surface area (Å²) in [6, 6.07) is 0.131. The highest BCUT2D eigenvalue weighted by atomic mass is 16.4. The third-order valence-electron chi connectivity index (χ3n) is 3.67. The highest BCUT2D eigenvalue weighted by molar-refractivity contribution is 5.73. The minimum absolute atomic E-state index is 0.437. The van der Waals surface area contributed by atoms with Gasteiger partial charge < -0.3 is 15.3 Å². The van der Waals surface area contributed by atoms with E-state index in [4.69, 9.17) is 5.11 Å². The number of nitrogens with one attached hydrogen (secondary N) is 1. The maximum Gasteiger partial charge on any atom is 0.322 e. The van der Waals surface area contributed by atoms with Gasteiger partial charge in [0.25, 0.3) is 0 Å². The van der Waals surface area contributed by atoms with Crippen molar-refractivity contribution in [3.8, 4) is 0 Å². The average Bonchev–Trinajstić information content (AvgIpc) is 2.56. The quantitative estimate of drug-likeness (QED) is 0.696. The van der Waals surface area contributed by atoms with Crippen molar-refractivity contribution in [2.24, 2.45) is 0 Å². The molecule has 1 unspecified atom stereocenters. The van der Waals surface area contributed by atoms with Crippen molar-refractivity contribution < 1.29 is 9.90 Å². The van der Waals surface area contributed by atoms with Crippen LogP contribution in [0.4, 0.5) is 0 Å². The van der Waals surface area contributed by atoms with Crippen molar-refractivity contribution in [1.29, 1.82) is 0 Å². The van der Waals surface area contributed by atoms with Crippen LogP contribution in [-0.2, 0) is 4.79 Å². The maximum absolute atomic E-state index is 11.1. The summed E-state index contributed by atoms with van der Waals surface area (Å²) in [6.07, 6.45) is 7.67. The summed E-state index contributed by atoms with van der Waals surface area (Å²) in [6.45, 7) is 3.25. The molecule has 0 radical (unpaired) electrons. The Morgan fingerprint density at radius 3 is 2.41 bits per heavy atom. The van der Waals surface area contributed by atoms with Gasteiger partial charge in [0.1, 0.15) is 6.04 Å². The molecule has 0 aromatic carbocycles. The summed E-state index contributed by atoms with van der Waals surface area (Å²) in [5.41, 5.74) is 0. The zero-order valence-corrected chi connectivity index (χ0v) is 11.1. The third kappa shape index (κ3) is 5.04. The molecule has 0 heterocycles. The molecule has 0 aromatic rings. The van der Waals surface area contributed by atoms with Crippen LogP contribution in [-0.4, -0.2) is 48.2 Å². The number of likely N-dealkylation sites (N-methyl/N-ethyl adjacent to an activating group) is 2. The van der Waals surface area contributed by atoms with Crippen LogP contribution in [0.3, 0.4) is 0 Å². The molecule has 1 aliphatic rings. The Hall–Kier alpha value is -0.610. The van der Waals surface area contributed by atoms with Gasteiger partial charge >= 0.3 is 5.97 Å². The van der Waals surface area contributed by atoms with Crippen molar-refractivity contribution in [2.45, 2.75) is 57.5 Å². The van der Waals surface area contributed by atoms with Gasteiger partial charge in [-0.1, -0.05) is 32.6 Å². The Labute approximate surface area is 104 Å². The first-order valence-corrected chi connectivity index (χ1v) is 6.81. The van der Waals surface area contributed by atoms with E-state index < -0.39 is 12.0 Å². The molecular weight excluding hydrogens is 216 g/mol. The van der Waals surface area contributed by atoms with E-state index in [0.29, 0.717) is 19.1 Å². The van der Waals surface area contributed by atoms with E-state index in [9.17, 15) is 4.79 Å². The number of hydrogen-bond acceptors (Lipinski definition) is 3. The van der Waals surface area contributed by atoms with Gasteiger partial charge in [-0.05, 0) is 26.4 Å². The fourth-order valence-corrected chi connectivity index (χ4v) is 2.61. The second-order valence-corrected chi connectivity index (χ2v) is 5.03. The van der Waals surface area contributed by atoms with Gasteiger partial charge in [-0.15, -0.1) is 0 Å². The Kier molecular flexibility index (Phi) is 6.52. The molecule has 0 bridgehead atoms. The SMILES string of the molecule is CCNC(CN(C)C1CCCCCC1)C(=O)O. The molecule has 1 rings (SSSR count). The van der Waals surface area contributed by atoms with Crippen molar-refractivity contribution >= 4 is 5.97 Å². The van der Waals surface area contributed by atoms with Gasteiger partial charge in [-0.2, -0.15) is 0 Å². The van der Waals surface area contributed by atoms with Crippen molar-refractivity contribution in [3.05, 3.63) is 0 Å². The molecule has 4 nitrogen and oxygen atoms in total. The standard InChI is InChI=1S/C13H26N2O2/c1-3-14-12(13(16)17)10-15(2)11-8-6-4-5-7-9-11/h11-12,14H,3-10H2,1-2H3,(H,16,17). The molecule has 17 heavy (non-hydrogen) atoms. The number of carbonyl (C=O) groups is 1. The predicted octanol–water partition coefficient (Wildman–Crippen LogP) is 1.70. The highest BCUT2D eigenvalue weighted by Crippen LogP contribution is 2.21. The fourth-order valence-electron chi connectivity index (χ4n) is 2.61. The molecule has 1 atom stereocenters. The second kappa shape index (κ2) is 7.67. The third-order valence-corrected chi connectivity index (χ3v) is 3.67.